The van der Waals surface area contributed by atoms with Gasteiger partial charge in [-0.15, -0.1) is 0 Å². The molecule has 6 nitrogen and oxygen atoms in total. The third-order valence-corrected chi connectivity index (χ3v) is 1.67. The van der Waals surface area contributed by atoms with Crippen molar-refractivity contribution in [3.63, 3.8) is 0 Å². The third-order valence-electron chi connectivity index (χ3n) is 1.67. The van der Waals surface area contributed by atoms with Crippen molar-refractivity contribution in [1.29, 1.82) is 0 Å². The fourth-order valence-electron chi connectivity index (χ4n) is 1.11. The lowest BCUT2D eigenvalue weighted by Gasteiger charge is -2.04. The Bertz CT molecular complexity index is 397. The molecule has 0 amide bonds. The van der Waals surface area contributed by atoms with Crippen LogP contribution < -0.4 is 5.32 Å². The first-order valence-electron chi connectivity index (χ1n) is 5.31. The fraction of sp³-hybridized carbons (Fsp3) is 0.400. The van der Waals surface area contributed by atoms with Gasteiger partial charge in [0.1, 0.15) is 18.3 Å². The van der Waals surface area contributed by atoms with E-state index in [4.69, 9.17) is 0 Å². The molecule has 0 spiro atoms. The topological polar surface area (TPSA) is 68.5 Å². The normalized spacial score (nSPS) is 9.19. The number of nitrogens with zero attached hydrogens (tertiary/aromatic N) is 5. The molecule has 2 aromatic rings. The molecule has 2 rings (SSSR count). The fourth-order valence-corrected chi connectivity index (χ4v) is 1.11. The molecule has 0 fully saturated rings. The predicted molar refractivity (Wildman–Crippen MR) is 62.5 cm³/mol. The van der Waals surface area contributed by atoms with E-state index in [0.29, 0.717) is 5.95 Å². The molecule has 1 N–H and O–H groups in total. The van der Waals surface area contributed by atoms with Gasteiger partial charge in [-0.05, 0) is 6.92 Å². The Morgan fingerprint density at radius 3 is 2.50 bits per heavy atom. The molecule has 0 radical (unpaired) electrons. The lowest BCUT2D eigenvalue weighted by Crippen LogP contribution is -2.06. The zero-order valence-electron chi connectivity index (χ0n) is 9.75. The highest BCUT2D eigenvalue weighted by atomic mass is 15.4. The van der Waals surface area contributed by atoms with Crippen molar-refractivity contribution in [2.75, 3.05) is 11.9 Å². The SMILES string of the molecule is CC.CCNc1ncnn1-c1cncnc1. The number of hydrogen-bond donors (Lipinski definition) is 1. The minimum Gasteiger partial charge on any atom is -0.354 e. The average molecular weight is 220 g/mol. The van der Waals surface area contributed by atoms with Gasteiger partial charge < -0.3 is 5.32 Å². The highest BCUT2D eigenvalue weighted by Crippen LogP contribution is 2.08. The van der Waals surface area contributed by atoms with E-state index in [1.54, 1.807) is 17.1 Å². The summed E-state index contributed by atoms with van der Waals surface area (Å²) in [5.74, 6) is 0.697. The van der Waals surface area contributed by atoms with Crippen LogP contribution in [-0.2, 0) is 0 Å². The molecule has 0 aliphatic heterocycles. The monoisotopic (exact) mass is 220 g/mol. The molecular weight excluding hydrogens is 204 g/mol. The molecule has 0 saturated carbocycles. The maximum atomic E-state index is 4.07. The van der Waals surface area contributed by atoms with Crippen molar-refractivity contribution >= 4 is 5.95 Å². The first kappa shape index (κ1) is 12.1. The molecule has 0 saturated heterocycles. The predicted octanol–water partition coefficient (Wildman–Crippen LogP) is 1.52. The van der Waals surface area contributed by atoms with Crippen LogP contribution in [0.25, 0.3) is 5.69 Å². The molecule has 86 valence electrons. The minimum atomic E-state index is 0.697. The second-order valence-corrected chi connectivity index (χ2v) is 2.62. The number of anilines is 1. The van der Waals surface area contributed by atoms with Gasteiger partial charge in [-0.2, -0.15) is 14.8 Å². The van der Waals surface area contributed by atoms with Crippen LogP contribution in [0.3, 0.4) is 0 Å². The smallest absolute Gasteiger partial charge is 0.226 e. The van der Waals surface area contributed by atoms with E-state index in [1.807, 2.05) is 20.8 Å². The quantitative estimate of drug-likeness (QED) is 0.849. The Kier molecular flexibility index (Phi) is 4.91. The second kappa shape index (κ2) is 6.49. The molecule has 2 aromatic heterocycles. The van der Waals surface area contributed by atoms with Gasteiger partial charge in [0.25, 0.3) is 0 Å². The number of rotatable bonds is 3. The van der Waals surface area contributed by atoms with Crippen molar-refractivity contribution in [2.24, 2.45) is 0 Å². The van der Waals surface area contributed by atoms with E-state index in [0.717, 1.165) is 12.2 Å². The van der Waals surface area contributed by atoms with Crippen molar-refractivity contribution in [3.8, 4) is 5.69 Å². The Morgan fingerprint density at radius 2 is 1.88 bits per heavy atom. The standard InChI is InChI=1S/C8H10N6.C2H6/c1-2-11-8-12-6-13-14(8)7-3-9-5-10-4-7;1-2/h3-6H,2H2,1H3,(H,11,12,13);1-2H3. The number of nitrogens with one attached hydrogen (secondary N) is 1. The summed E-state index contributed by atoms with van der Waals surface area (Å²) < 4.78 is 1.66. The molecule has 2 heterocycles. The van der Waals surface area contributed by atoms with E-state index in [-0.39, 0.29) is 0 Å². The first-order valence-corrected chi connectivity index (χ1v) is 5.31. The Hall–Kier alpha value is -1.98. The lowest BCUT2D eigenvalue weighted by molar-refractivity contribution is 0.861. The van der Waals surface area contributed by atoms with E-state index in [1.165, 1.54) is 12.7 Å². The number of hydrogen-bond acceptors (Lipinski definition) is 5. The Balaban J connectivity index is 0.000000606. The van der Waals surface area contributed by atoms with E-state index < -0.39 is 0 Å². The van der Waals surface area contributed by atoms with Crippen molar-refractivity contribution in [2.45, 2.75) is 20.8 Å². The Morgan fingerprint density at radius 1 is 1.19 bits per heavy atom. The van der Waals surface area contributed by atoms with Crippen molar-refractivity contribution in [1.82, 2.24) is 24.7 Å². The summed E-state index contributed by atoms with van der Waals surface area (Å²) in [5, 5.41) is 7.16. The number of aromatic nitrogens is 5. The molecule has 0 aliphatic rings. The van der Waals surface area contributed by atoms with Gasteiger partial charge in [-0.3, -0.25) is 0 Å². The van der Waals surface area contributed by atoms with Crippen LogP contribution in [0, 0.1) is 0 Å². The summed E-state index contributed by atoms with van der Waals surface area (Å²) in [7, 11) is 0. The van der Waals surface area contributed by atoms with Crippen LogP contribution >= 0.6 is 0 Å². The molecular formula is C10H16N6. The van der Waals surface area contributed by atoms with Gasteiger partial charge in [0.15, 0.2) is 0 Å². The van der Waals surface area contributed by atoms with Crippen molar-refractivity contribution in [3.05, 3.63) is 25.0 Å². The molecule has 6 heteroatoms. The summed E-state index contributed by atoms with van der Waals surface area (Å²) in [6, 6.07) is 0. The van der Waals surface area contributed by atoms with E-state index in [2.05, 4.69) is 25.4 Å². The Labute approximate surface area is 94.8 Å². The largest absolute Gasteiger partial charge is 0.354 e. The van der Waals surface area contributed by atoms with Gasteiger partial charge >= 0.3 is 0 Å². The molecule has 0 aliphatic carbocycles. The molecule has 0 bridgehead atoms. The highest BCUT2D eigenvalue weighted by Gasteiger charge is 2.04. The van der Waals surface area contributed by atoms with Crippen LogP contribution in [0.5, 0.6) is 0 Å². The van der Waals surface area contributed by atoms with Crippen LogP contribution in [0.4, 0.5) is 5.95 Å². The second-order valence-electron chi connectivity index (χ2n) is 2.62. The van der Waals surface area contributed by atoms with Crippen molar-refractivity contribution < 1.29 is 0 Å². The average Bonchev–Trinajstić information content (AvgIpc) is 2.82. The van der Waals surface area contributed by atoms with Crippen LogP contribution in [0.15, 0.2) is 25.0 Å². The van der Waals surface area contributed by atoms with Gasteiger partial charge in [-0.25, -0.2) is 9.97 Å². The summed E-state index contributed by atoms with van der Waals surface area (Å²) in [4.78, 5) is 11.9. The van der Waals surface area contributed by atoms with Gasteiger partial charge in [0, 0.05) is 6.54 Å². The van der Waals surface area contributed by atoms with E-state index >= 15 is 0 Å². The zero-order valence-corrected chi connectivity index (χ0v) is 9.75. The van der Waals surface area contributed by atoms with Crippen LogP contribution in [-0.4, -0.2) is 31.3 Å². The lowest BCUT2D eigenvalue weighted by atomic mass is 10.5. The molecule has 0 unspecified atom stereocenters. The first-order chi connectivity index (χ1) is 7.92. The summed E-state index contributed by atoms with van der Waals surface area (Å²) in [5.41, 5.74) is 0.793. The van der Waals surface area contributed by atoms with E-state index in [9.17, 15) is 0 Å². The highest BCUT2D eigenvalue weighted by molar-refractivity contribution is 5.35. The summed E-state index contributed by atoms with van der Waals surface area (Å²) in [6.45, 7) is 6.80. The summed E-state index contributed by atoms with van der Waals surface area (Å²) >= 11 is 0. The van der Waals surface area contributed by atoms with Crippen LogP contribution in [0.1, 0.15) is 20.8 Å². The van der Waals surface area contributed by atoms with Gasteiger partial charge in [0.2, 0.25) is 5.95 Å². The molecule has 16 heavy (non-hydrogen) atoms. The van der Waals surface area contributed by atoms with Gasteiger partial charge in [0.05, 0.1) is 12.4 Å². The van der Waals surface area contributed by atoms with Crippen LogP contribution in [0.2, 0.25) is 0 Å². The minimum absolute atomic E-state index is 0.697. The maximum Gasteiger partial charge on any atom is 0.226 e. The molecule has 0 atom stereocenters. The molecule has 0 aromatic carbocycles. The zero-order chi connectivity index (χ0) is 11.8. The maximum absolute atomic E-state index is 4.07. The summed E-state index contributed by atoms with van der Waals surface area (Å²) in [6.07, 6.45) is 6.34. The third kappa shape index (κ3) is 2.75. The van der Waals surface area contributed by atoms with Gasteiger partial charge in [-0.1, -0.05) is 13.8 Å².